The van der Waals surface area contributed by atoms with Gasteiger partial charge in [-0.3, -0.25) is 4.79 Å². The Morgan fingerprint density at radius 2 is 2.19 bits per heavy atom. The standard InChI is InChI=1S/C13H16FNO/c1-8(2)15-7-12(9(3)16)11-6-10(14)4-5-13(11)15/h4-6,8,12H,7H2,1-3H3. The average molecular weight is 221 g/mol. The van der Waals surface area contributed by atoms with Crippen LogP contribution in [0.2, 0.25) is 0 Å². The topological polar surface area (TPSA) is 20.3 Å². The van der Waals surface area contributed by atoms with Gasteiger partial charge in [0.05, 0.1) is 5.92 Å². The molecule has 1 heterocycles. The fourth-order valence-corrected chi connectivity index (χ4v) is 2.30. The van der Waals surface area contributed by atoms with Crippen LogP contribution in [-0.2, 0) is 4.79 Å². The third kappa shape index (κ3) is 1.70. The number of hydrogen-bond acceptors (Lipinski definition) is 2. The lowest BCUT2D eigenvalue weighted by molar-refractivity contribution is -0.118. The maximum atomic E-state index is 13.2. The van der Waals surface area contributed by atoms with Crippen LogP contribution in [0.4, 0.5) is 10.1 Å². The van der Waals surface area contributed by atoms with Crippen LogP contribution in [0, 0.1) is 5.82 Å². The van der Waals surface area contributed by atoms with Gasteiger partial charge in [0.15, 0.2) is 0 Å². The molecule has 0 aliphatic carbocycles. The zero-order valence-corrected chi connectivity index (χ0v) is 9.83. The lowest BCUT2D eigenvalue weighted by atomic mass is 9.98. The highest BCUT2D eigenvalue weighted by atomic mass is 19.1. The molecule has 2 nitrogen and oxygen atoms in total. The van der Waals surface area contributed by atoms with E-state index in [1.807, 2.05) is 0 Å². The van der Waals surface area contributed by atoms with Gasteiger partial charge in [-0.05, 0) is 44.5 Å². The van der Waals surface area contributed by atoms with E-state index in [-0.39, 0.29) is 17.5 Å². The summed E-state index contributed by atoms with van der Waals surface area (Å²) in [4.78, 5) is 13.7. The molecule has 0 fully saturated rings. The summed E-state index contributed by atoms with van der Waals surface area (Å²) < 4.78 is 13.2. The molecule has 1 aliphatic rings. The summed E-state index contributed by atoms with van der Waals surface area (Å²) in [6.45, 7) is 6.40. The molecule has 0 bridgehead atoms. The molecule has 0 saturated carbocycles. The Balaban J connectivity index is 2.48. The Hall–Kier alpha value is -1.38. The van der Waals surface area contributed by atoms with Crippen molar-refractivity contribution >= 4 is 11.5 Å². The first kappa shape index (κ1) is 11.1. The van der Waals surface area contributed by atoms with E-state index in [4.69, 9.17) is 0 Å². The number of Topliss-reactive ketones (excluding diaryl/α,β-unsaturated/α-hetero) is 1. The Morgan fingerprint density at radius 1 is 1.50 bits per heavy atom. The minimum atomic E-state index is -0.268. The molecule has 1 aliphatic heterocycles. The lowest BCUT2D eigenvalue weighted by Crippen LogP contribution is -2.30. The highest BCUT2D eigenvalue weighted by molar-refractivity contribution is 5.88. The first-order chi connectivity index (χ1) is 7.50. The highest BCUT2D eigenvalue weighted by Gasteiger charge is 2.32. The molecule has 0 N–H and O–H groups in total. The van der Waals surface area contributed by atoms with Gasteiger partial charge in [-0.25, -0.2) is 4.39 Å². The number of nitrogens with zero attached hydrogens (tertiary/aromatic N) is 1. The quantitative estimate of drug-likeness (QED) is 0.765. The minimum absolute atomic E-state index is 0.106. The molecule has 3 heteroatoms. The first-order valence-electron chi connectivity index (χ1n) is 5.57. The Morgan fingerprint density at radius 3 is 2.75 bits per heavy atom. The number of carbonyl (C=O) groups excluding carboxylic acids is 1. The van der Waals surface area contributed by atoms with Gasteiger partial charge < -0.3 is 4.90 Å². The molecule has 2 rings (SSSR count). The molecule has 0 spiro atoms. The second-order valence-electron chi connectivity index (χ2n) is 4.61. The largest absolute Gasteiger partial charge is 0.368 e. The van der Waals surface area contributed by atoms with Gasteiger partial charge >= 0.3 is 0 Å². The number of ketones is 1. The van der Waals surface area contributed by atoms with Crippen LogP contribution in [0.25, 0.3) is 0 Å². The molecular weight excluding hydrogens is 205 g/mol. The predicted octanol–water partition coefficient (Wildman–Crippen LogP) is 2.73. The Kier molecular flexibility index (Phi) is 2.70. The number of anilines is 1. The second-order valence-corrected chi connectivity index (χ2v) is 4.61. The third-order valence-electron chi connectivity index (χ3n) is 3.17. The van der Waals surface area contributed by atoms with Crippen LogP contribution in [0.15, 0.2) is 18.2 Å². The number of fused-ring (bicyclic) bond motifs is 1. The molecule has 0 saturated heterocycles. The van der Waals surface area contributed by atoms with E-state index < -0.39 is 0 Å². The number of benzene rings is 1. The van der Waals surface area contributed by atoms with Crippen molar-refractivity contribution in [1.82, 2.24) is 0 Å². The van der Waals surface area contributed by atoms with E-state index >= 15 is 0 Å². The van der Waals surface area contributed by atoms with Gasteiger partial charge in [-0.2, -0.15) is 0 Å². The summed E-state index contributed by atoms with van der Waals surface area (Å²) >= 11 is 0. The van der Waals surface area contributed by atoms with Crippen LogP contribution < -0.4 is 4.90 Å². The van der Waals surface area contributed by atoms with Crippen molar-refractivity contribution in [3.63, 3.8) is 0 Å². The molecule has 86 valence electrons. The third-order valence-corrected chi connectivity index (χ3v) is 3.17. The number of halogens is 1. The van der Waals surface area contributed by atoms with E-state index in [2.05, 4.69) is 18.7 Å². The summed E-state index contributed by atoms with van der Waals surface area (Å²) in [6, 6.07) is 5.04. The maximum Gasteiger partial charge on any atom is 0.139 e. The Bertz CT molecular complexity index is 428. The van der Waals surface area contributed by atoms with Crippen molar-refractivity contribution < 1.29 is 9.18 Å². The minimum Gasteiger partial charge on any atom is -0.368 e. The predicted molar refractivity (Wildman–Crippen MR) is 62.3 cm³/mol. The van der Waals surface area contributed by atoms with Crippen LogP contribution in [0.1, 0.15) is 32.3 Å². The Labute approximate surface area is 95.1 Å². The summed E-state index contributed by atoms with van der Waals surface area (Å²) in [6.07, 6.45) is 0. The molecule has 1 unspecified atom stereocenters. The molecule has 1 aromatic rings. The van der Waals surface area contributed by atoms with Crippen LogP contribution in [0.5, 0.6) is 0 Å². The van der Waals surface area contributed by atoms with Crippen molar-refractivity contribution in [2.24, 2.45) is 0 Å². The number of rotatable bonds is 2. The second kappa shape index (κ2) is 3.89. The maximum absolute atomic E-state index is 13.2. The number of hydrogen-bond donors (Lipinski definition) is 0. The molecule has 0 radical (unpaired) electrons. The van der Waals surface area contributed by atoms with Gasteiger partial charge in [0.1, 0.15) is 11.6 Å². The van der Waals surface area contributed by atoms with E-state index in [0.29, 0.717) is 12.6 Å². The van der Waals surface area contributed by atoms with Crippen LogP contribution in [-0.4, -0.2) is 18.4 Å². The van der Waals surface area contributed by atoms with E-state index in [0.717, 1.165) is 11.3 Å². The molecule has 0 amide bonds. The van der Waals surface area contributed by atoms with Crippen molar-refractivity contribution in [3.05, 3.63) is 29.6 Å². The van der Waals surface area contributed by atoms with Gasteiger partial charge in [0.25, 0.3) is 0 Å². The SMILES string of the molecule is CC(=O)C1CN(C(C)C)c2ccc(F)cc21. The van der Waals surface area contributed by atoms with Crippen molar-refractivity contribution in [2.75, 3.05) is 11.4 Å². The van der Waals surface area contributed by atoms with Crippen molar-refractivity contribution in [3.8, 4) is 0 Å². The average Bonchev–Trinajstić information content (AvgIpc) is 2.56. The summed E-state index contributed by atoms with van der Waals surface area (Å²) in [5, 5.41) is 0. The highest BCUT2D eigenvalue weighted by Crippen LogP contribution is 2.38. The monoisotopic (exact) mass is 221 g/mol. The van der Waals surface area contributed by atoms with Gasteiger partial charge in [-0.1, -0.05) is 0 Å². The summed E-state index contributed by atoms with van der Waals surface area (Å²) in [5.74, 6) is -0.335. The molecule has 1 atom stereocenters. The first-order valence-corrected chi connectivity index (χ1v) is 5.57. The zero-order valence-electron chi connectivity index (χ0n) is 9.83. The van der Waals surface area contributed by atoms with Crippen LogP contribution >= 0.6 is 0 Å². The normalized spacial score (nSPS) is 19.1. The summed E-state index contributed by atoms with van der Waals surface area (Å²) in [7, 11) is 0. The molecular formula is C13H16FNO. The number of carbonyl (C=O) groups is 1. The van der Waals surface area contributed by atoms with E-state index in [1.54, 1.807) is 13.0 Å². The fraction of sp³-hybridized carbons (Fsp3) is 0.462. The zero-order chi connectivity index (χ0) is 11.9. The molecule has 0 aromatic heterocycles. The molecule has 16 heavy (non-hydrogen) atoms. The van der Waals surface area contributed by atoms with Gasteiger partial charge in [0, 0.05) is 18.3 Å². The van der Waals surface area contributed by atoms with E-state index in [9.17, 15) is 9.18 Å². The van der Waals surface area contributed by atoms with Gasteiger partial charge in [0.2, 0.25) is 0 Å². The smallest absolute Gasteiger partial charge is 0.139 e. The van der Waals surface area contributed by atoms with Crippen molar-refractivity contribution in [1.29, 1.82) is 0 Å². The molecule has 1 aromatic carbocycles. The van der Waals surface area contributed by atoms with E-state index in [1.165, 1.54) is 12.1 Å². The fourth-order valence-electron chi connectivity index (χ4n) is 2.30. The van der Waals surface area contributed by atoms with Crippen LogP contribution in [0.3, 0.4) is 0 Å². The van der Waals surface area contributed by atoms with Crippen molar-refractivity contribution in [2.45, 2.75) is 32.7 Å². The lowest BCUT2D eigenvalue weighted by Gasteiger charge is -2.24. The van der Waals surface area contributed by atoms with Gasteiger partial charge in [-0.15, -0.1) is 0 Å². The summed E-state index contributed by atoms with van der Waals surface area (Å²) in [5.41, 5.74) is 1.83.